The first-order valence-corrected chi connectivity index (χ1v) is 11.0. The number of aryl methyl sites for hydroxylation is 3. The molecule has 28 heavy (non-hydrogen) atoms. The lowest BCUT2D eigenvalue weighted by Crippen LogP contribution is -2.11. The number of nitrogens with one attached hydrogen (secondary N) is 1. The van der Waals surface area contributed by atoms with Gasteiger partial charge in [-0.05, 0) is 43.7 Å². The number of carbonyl (C=O) groups is 1. The number of sulfonamides is 1. The van der Waals surface area contributed by atoms with E-state index in [9.17, 15) is 13.2 Å². The number of thiazole rings is 1. The van der Waals surface area contributed by atoms with Gasteiger partial charge in [-0.1, -0.05) is 12.1 Å². The fraction of sp³-hybridized carbons (Fsp3) is 0.263. The number of primary sulfonamides is 1. The van der Waals surface area contributed by atoms with E-state index in [4.69, 9.17) is 9.56 Å². The molecule has 2 heterocycles. The Bertz CT molecular complexity index is 1080. The Labute approximate surface area is 167 Å². The normalized spacial score (nSPS) is 11.5. The summed E-state index contributed by atoms with van der Waals surface area (Å²) in [5.41, 5.74) is 1.77. The number of hydrogen-bond acceptors (Lipinski definition) is 6. The molecule has 0 atom stereocenters. The minimum absolute atomic E-state index is 0.0805. The predicted molar refractivity (Wildman–Crippen MR) is 108 cm³/mol. The number of hydrogen-bond donors (Lipinski definition) is 2. The molecule has 3 aromatic rings. The number of nitrogens with two attached hydrogens (primary N) is 1. The van der Waals surface area contributed by atoms with Crippen LogP contribution in [0.1, 0.15) is 34.1 Å². The van der Waals surface area contributed by atoms with Crippen molar-refractivity contribution < 1.29 is 17.6 Å². The summed E-state index contributed by atoms with van der Waals surface area (Å²) in [5, 5.41) is 8.49. The van der Waals surface area contributed by atoms with Gasteiger partial charge in [-0.15, -0.1) is 11.3 Å². The summed E-state index contributed by atoms with van der Waals surface area (Å²) in [6.07, 6.45) is 1.44. The molecule has 0 radical (unpaired) electrons. The third-order valence-electron chi connectivity index (χ3n) is 4.15. The second-order valence-corrected chi connectivity index (χ2v) is 9.10. The van der Waals surface area contributed by atoms with Crippen molar-refractivity contribution in [3.63, 3.8) is 0 Å². The maximum Gasteiger partial charge on any atom is 0.238 e. The van der Waals surface area contributed by atoms with E-state index >= 15 is 0 Å². The van der Waals surface area contributed by atoms with Gasteiger partial charge in [0.2, 0.25) is 15.9 Å². The summed E-state index contributed by atoms with van der Waals surface area (Å²) >= 11 is 1.41. The van der Waals surface area contributed by atoms with Crippen molar-refractivity contribution in [2.45, 2.75) is 38.0 Å². The van der Waals surface area contributed by atoms with Gasteiger partial charge >= 0.3 is 0 Å². The second-order valence-electron chi connectivity index (χ2n) is 6.45. The van der Waals surface area contributed by atoms with Crippen LogP contribution in [0, 0.1) is 13.8 Å². The first-order chi connectivity index (χ1) is 13.2. The highest BCUT2D eigenvalue weighted by molar-refractivity contribution is 7.89. The first kappa shape index (κ1) is 20.2. The van der Waals surface area contributed by atoms with Gasteiger partial charge in [-0.25, -0.2) is 18.5 Å². The molecule has 0 unspecified atom stereocenters. The van der Waals surface area contributed by atoms with E-state index in [0.29, 0.717) is 24.4 Å². The van der Waals surface area contributed by atoms with Gasteiger partial charge in [0.1, 0.15) is 11.5 Å². The van der Waals surface area contributed by atoms with Crippen molar-refractivity contribution in [3.05, 3.63) is 64.1 Å². The monoisotopic (exact) mass is 419 g/mol. The van der Waals surface area contributed by atoms with E-state index in [2.05, 4.69) is 10.3 Å². The molecule has 2 aromatic heterocycles. The largest absolute Gasteiger partial charge is 0.466 e. The highest BCUT2D eigenvalue weighted by Crippen LogP contribution is 2.26. The van der Waals surface area contributed by atoms with Crippen molar-refractivity contribution in [2.24, 2.45) is 5.14 Å². The van der Waals surface area contributed by atoms with Crippen LogP contribution in [0.3, 0.4) is 0 Å². The maximum absolute atomic E-state index is 12.1. The van der Waals surface area contributed by atoms with E-state index < -0.39 is 10.0 Å². The van der Waals surface area contributed by atoms with Crippen LogP contribution in [0.15, 0.2) is 45.7 Å². The number of carbonyl (C=O) groups excluding carboxylic acids is 1. The number of aromatic nitrogens is 1. The zero-order valence-electron chi connectivity index (χ0n) is 15.6. The Morgan fingerprint density at radius 1 is 1.18 bits per heavy atom. The molecule has 0 aliphatic heterocycles. The topological polar surface area (TPSA) is 115 Å². The van der Waals surface area contributed by atoms with Crippen LogP contribution < -0.4 is 10.5 Å². The van der Waals surface area contributed by atoms with Crippen LogP contribution in [-0.4, -0.2) is 19.3 Å². The third-order valence-corrected chi connectivity index (χ3v) is 6.15. The average Bonchev–Trinajstić information content (AvgIpc) is 3.18. The molecule has 3 rings (SSSR count). The van der Waals surface area contributed by atoms with E-state index in [1.165, 1.54) is 23.5 Å². The molecular weight excluding hydrogens is 398 g/mol. The Hall–Kier alpha value is -2.49. The molecule has 1 aromatic carbocycles. The van der Waals surface area contributed by atoms with Gasteiger partial charge in [-0.3, -0.25) is 4.79 Å². The van der Waals surface area contributed by atoms with Gasteiger partial charge in [0.05, 0.1) is 10.6 Å². The number of furan rings is 1. The van der Waals surface area contributed by atoms with E-state index in [0.717, 1.165) is 27.7 Å². The summed E-state index contributed by atoms with van der Waals surface area (Å²) in [5.74, 6) is 1.49. The van der Waals surface area contributed by atoms with Crippen LogP contribution in [-0.2, 0) is 27.7 Å². The molecule has 3 N–H and O–H groups in total. The van der Waals surface area contributed by atoms with Crippen molar-refractivity contribution in [1.29, 1.82) is 0 Å². The summed E-state index contributed by atoms with van der Waals surface area (Å²) in [4.78, 5) is 17.6. The Balaban J connectivity index is 1.60. The lowest BCUT2D eigenvalue weighted by atomic mass is 10.1. The average molecular weight is 420 g/mol. The molecule has 7 nitrogen and oxygen atoms in total. The van der Waals surface area contributed by atoms with Crippen LogP contribution in [0.4, 0.5) is 5.13 Å². The van der Waals surface area contributed by atoms with Crippen molar-refractivity contribution in [2.75, 3.05) is 5.32 Å². The highest BCUT2D eigenvalue weighted by Gasteiger charge is 2.13. The van der Waals surface area contributed by atoms with Crippen LogP contribution >= 0.6 is 11.3 Å². The van der Waals surface area contributed by atoms with Crippen molar-refractivity contribution in [1.82, 2.24) is 4.98 Å². The number of rotatable bonds is 7. The molecular formula is C19H21N3O4S2. The van der Waals surface area contributed by atoms with Crippen LogP contribution in [0.2, 0.25) is 0 Å². The first-order valence-electron chi connectivity index (χ1n) is 8.64. The van der Waals surface area contributed by atoms with Gasteiger partial charge in [0, 0.05) is 24.1 Å². The molecule has 9 heteroatoms. The molecule has 0 aliphatic rings. The molecule has 0 spiro atoms. The number of amides is 1. The maximum atomic E-state index is 12.1. The molecule has 0 saturated heterocycles. The molecule has 0 saturated carbocycles. The number of benzene rings is 1. The smallest absolute Gasteiger partial charge is 0.238 e. The van der Waals surface area contributed by atoms with Gasteiger partial charge in [-0.2, -0.15) is 0 Å². The van der Waals surface area contributed by atoms with Gasteiger partial charge in [0.15, 0.2) is 5.13 Å². The SMILES string of the molecule is Cc1ccc(CCC(=O)Nc2nc(C)c(Cc3ccc(S(N)(=O)=O)cc3)s2)o1. The second kappa shape index (κ2) is 8.26. The fourth-order valence-corrected chi connectivity index (χ4v) is 4.19. The fourth-order valence-electron chi connectivity index (χ4n) is 2.67. The summed E-state index contributed by atoms with van der Waals surface area (Å²) in [6.45, 7) is 3.75. The molecule has 148 valence electrons. The van der Waals surface area contributed by atoms with Crippen LogP contribution in [0.25, 0.3) is 0 Å². The summed E-state index contributed by atoms with van der Waals surface area (Å²) in [7, 11) is -3.70. The quantitative estimate of drug-likeness (QED) is 0.610. The molecule has 1 amide bonds. The number of anilines is 1. The van der Waals surface area contributed by atoms with Crippen LogP contribution in [0.5, 0.6) is 0 Å². The summed E-state index contributed by atoms with van der Waals surface area (Å²) in [6, 6.07) is 10.2. The van der Waals surface area contributed by atoms with Crippen molar-refractivity contribution in [3.8, 4) is 0 Å². The molecule has 0 fully saturated rings. The molecule has 0 bridgehead atoms. The van der Waals surface area contributed by atoms with Gasteiger partial charge in [0.25, 0.3) is 0 Å². The van der Waals surface area contributed by atoms with Crippen molar-refractivity contribution >= 4 is 32.4 Å². The minimum Gasteiger partial charge on any atom is -0.466 e. The zero-order valence-corrected chi connectivity index (χ0v) is 17.2. The van der Waals surface area contributed by atoms with E-state index in [1.54, 1.807) is 12.1 Å². The molecule has 0 aliphatic carbocycles. The Morgan fingerprint density at radius 2 is 1.89 bits per heavy atom. The summed E-state index contributed by atoms with van der Waals surface area (Å²) < 4.78 is 28.1. The lowest BCUT2D eigenvalue weighted by molar-refractivity contribution is -0.116. The standard InChI is InChI=1S/C19H21N3O4S2/c1-12-3-6-15(26-12)7-10-18(23)22-19-21-13(2)17(27-19)11-14-4-8-16(9-5-14)28(20,24)25/h3-6,8-9H,7,10-11H2,1-2H3,(H2,20,24,25)(H,21,22,23). The highest BCUT2D eigenvalue weighted by atomic mass is 32.2. The van der Waals surface area contributed by atoms with Gasteiger partial charge < -0.3 is 9.73 Å². The minimum atomic E-state index is -3.70. The van der Waals surface area contributed by atoms with E-state index in [-0.39, 0.29) is 10.8 Å². The number of nitrogens with zero attached hydrogens (tertiary/aromatic N) is 1. The predicted octanol–water partition coefficient (Wildman–Crippen LogP) is 3.16. The Morgan fingerprint density at radius 3 is 2.50 bits per heavy atom. The zero-order chi connectivity index (χ0) is 20.3. The third kappa shape index (κ3) is 5.28. The lowest BCUT2D eigenvalue weighted by Gasteiger charge is -2.02. The Kier molecular flexibility index (Phi) is 5.97. The van der Waals surface area contributed by atoms with E-state index in [1.807, 2.05) is 26.0 Å².